The van der Waals surface area contributed by atoms with Crippen LogP contribution in [-0.4, -0.2) is 25.3 Å². The van der Waals surface area contributed by atoms with Gasteiger partial charge in [-0.25, -0.2) is 8.42 Å². The van der Waals surface area contributed by atoms with E-state index in [0.29, 0.717) is 31.7 Å². The fourth-order valence-electron chi connectivity index (χ4n) is 3.39. The summed E-state index contributed by atoms with van der Waals surface area (Å²) in [5.41, 5.74) is 1.11. The third-order valence-electron chi connectivity index (χ3n) is 5.02. The first-order valence-electron chi connectivity index (χ1n) is 9.78. The maximum atomic E-state index is 13.3. The Bertz CT molecular complexity index is 1440. The molecule has 0 spiro atoms. The molecule has 0 radical (unpaired) electrons. The number of rotatable bonds is 6. The van der Waals surface area contributed by atoms with Crippen LogP contribution in [-0.2, 0) is 10.0 Å². The number of fused-ring (bicyclic) bond motifs is 1. The minimum absolute atomic E-state index is 0.0205. The van der Waals surface area contributed by atoms with Gasteiger partial charge in [0.05, 0.1) is 15.5 Å². The summed E-state index contributed by atoms with van der Waals surface area (Å²) in [4.78, 5) is 13.2. The van der Waals surface area contributed by atoms with Crippen molar-refractivity contribution in [3.05, 3.63) is 89.3 Å². The standard InChI is InChI=1S/C24H20N2O4S2/c1-16-12-13-17(26(2)28)14-23(16)32(29,30)25-21-15-22(31-18-8-4-3-5-9-18)24(27)20-11-7-6-10-19(20)21/h3-15,25H,1-2H3/p+1. The van der Waals surface area contributed by atoms with Crippen molar-refractivity contribution < 1.29 is 18.3 Å². The molecule has 0 fully saturated rings. The topological polar surface area (TPSA) is 86.5 Å². The van der Waals surface area contributed by atoms with Gasteiger partial charge in [-0.2, -0.15) is 0 Å². The Morgan fingerprint density at radius 1 is 0.906 bits per heavy atom. The lowest BCUT2D eigenvalue weighted by Crippen LogP contribution is -2.15. The van der Waals surface area contributed by atoms with E-state index in [9.17, 15) is 18.4 Å². The van der Waals surface area contributed by atoms with E-state index in [1.165, 1.54) is 24.9 Å². The number of hydrogen-bond acceptors (Lipinski definition) is 5. The van der Waals surface area contributed by atoms with Crippen molar-refractivity contribution >= 4 is 43.9 Å². The lowest BCUT2D eigenvalue weighted by Gasteiger charge is -2.15. The van der Waals surface area contributed by atoms with Crippen LogP contribution in [0.3, 0.4) is 0 Å². The molecule has 0 aromatic heterocycles. The molecule has 4 rings (SSSR count). The van der Waals surface area contributed by atoms with Gasteiger partial charge in [-0.3, -0.25) is 4.72 Å². The fourth-order valence-corrected chi connectivity index (χ4v) is 5.65. The Morgan fingerprint density at radius 3 is 2.25 bits per heavy atom. The van der Waals surface area contributed by atoms with Crippen LogP contribution in [0.5, 0.6) is 5.75 Å². The monoisotopic (exact) mass is 465 g/mol. The van der Waals surface area contributed by atoms with Gasteiger partial charge in [0.2, 0.25) is 0 Å². The highest BCUT2D eigenvalue weighted by Gasteiger charge is 2.23. The van der Waals surface area contributed by atoms with Crippen LogP contribution in [0.15, 0.2) is 93.5 Å². The fraction of sp³-hybridized carbons (Fsp3) is 0.0833. The second-order valence-electron chi connectivity index (χ2n) is 7.28. The van der Waals surface area contributed by atoms with Gasteiger partial charge in [-0.1, -0.05) is 60.3 Å². The predicted octanol–water partition coefficient (Wildman–Crippen LogP) is 5.85. The van der Waals surface area contributed by atoms with Crippen molar-refractivity contribution in [1.82, 2.24) is 0 Å². The number of sulfonamides is 1. The molecule has 0 saturated heterocycles. The number of nitrogens with zero attached hydrogens (tertiary/aromatic N) is 1. The molecule has 0 aliphatic carbocycles. The minimum atomic E-state index is -4.00. The Morgan fingerprint density at radius 2 is 1.56 bits per heavy atom. The van der Waals surface area contributed by atoms with Crippen LogP contribution in [0, 0.1) is 11.8 Å². The Labute approximate surface area is 190 Å². The zero-order valence-electron chi connectivity index (χ0n) is 17.4. The summed E-state index contributed by atoms with van der Waals surface area (Å²) in [6.45, 7) is 1.68. The van der Waals surface area contributed by atoms with Crippen molar-refractivity contribution in [1.29, 1.82) is 0 Å². The second-order valence-corrected chi connectivity index (χ2v) is 10.1. The Balaban J connectivity index is 1.83. The van der Waals surface area contributed by atoms with E-state index in [0.717, 1.165) is 4.90 Å². The molecule has 0 aliphatic rings. The molecule has 4 aromatic carbocycles. The molecule has 4 aromatic rings. The molecule has 6 nitrogen and oxygen atoms in total. The lowest BCUT2D eigenvalue weighted by atomic mass is 10.1. The van der Waals surface area contributed by atoms with Crippen molar-refractivity contribution in [3.8, 4) is 5.75 Å². The summed E-state index contributed by atoms with van der Waals surface area (Å²) >= 11 is 1.34. The number of hydrogen-bond donors (Lipinski definition) is 2. The van der Waals surface area contributed by atoms with Crippen molar-refractivity contribution in [2.45, 2.75) is 21.6 Å². The molecule has 2 N–H and O–H groups in total. The van der Waals surface area contributed by atoms with E-state index in [-0.39, 0.29) is 16.3 Å². The third kappa shape index (κ3) is 4.32. The van der Waals surface area contributed by atoms with E-state index >= 15 is 0 Å². The van der Waals surface area contributed by atoms with Crippen LogP contribution in [0.25, 0.3) is 10.8 Å². The highest BCUT2D eigenvalue weighted by atomic mass is 32.2. The van der Waals surface area contributed by atoms with Crippen LogP contribution in [0.2, 0.25) is 0 Å². The van der Waals surface area contributed by atoms with E-state index in [1.54, 1.807) is 49.4 Å². The number of nitrogens with one attached hydrogen (secondary N) is 1. The summed E-state index contributed by atoms with van der Waals surface area (Å²) in [5, 5.41) is 12.0. The van der Waals surface area contributed by atoms with Gasteiger partial charge in [0, 0.05) is 37.5 Å². The van der Waals surface area contributed by atoms with E-state index < -0.39 is 10.0 Å². The largest absolute Gasteiger partial charge is 0.506 e. The second kappa shape index (κ2) is 8.64. The number of aromatic hydroxyl groups is 1. The molecule has 8 heteroatoms. The molecule has 0 bridgehead atoms. The summed E-state index contributed by atoms with van der Waals surface area (Å²) in [6.07, 6.45) is 0. The Hall–Kier alpha value is -3.36. The van der Waals surface area contributed by atoms with Crippen LogP contribution < -0.4 is 4.72 Å². The van der Waals surface area contributed by atoms with Crippen LogP contribution in [0.1, 0.15) is 5.56 Å². The number of aryl methyl sites for hydroxylation is 1. The lowest BCUT2D eigenvalue weighted by molar-refractivity contribution is -0.428. The molecule has 162 valence electrons. The van der Waals surface area contributed by atoms with Gasteiger partial charge in [0.25, 0.3) is 15.7 Å². The summed E-state index contributed by atoms with van der Waals surface area (Å²) < 4.78 is 29.9. The average molecular weight is 466 g/mol. The molecule has 0 saturated carbocycles. The van der Waals surface area contributed by atoms with Crippen molar-refractivity contribution in [2.24, 2.45) is 0 Å². The minimum Gasteiger partial charge on any atom is -0.506 e. The molecule has 0 aliphatic heterocycles. The quantitative estimate of drug-likeness (QED) is 0.276. The van der Waals surface area contributed by atoms with E-state index in [2.05, 4.69) is 4.72 Å². The smallest absolute Gasteiger partial charge is 0.262 e. The van der Waals surface area contributed by atoms with E-state index in [4.69, 9.17) is 0 Å². The van der Waals surface area contributed by atoms with Crippen LogP contribution in [0.4, 0.5) is 11.4 Å². The number of anilines is 1. The predicted molar refractivity (Wildman–Crippen MR) is 127 cm³/mol. The van der Waals surface area contributed by atoms with Crippen molar-refractivity contribution in [2.75, 3.05) is 11.8 Å². The van der Waals surface area contributed by atoms with Crippen LogP contribution >= 0.6 is 11.8 Å². The summed E-state index contributed by atoms with van der Waals surface area (Å²) in [5.74, 6) is 0.0866. The SMILES string of the molecule is Cc1ccc([N+](C)=O)cc1S(=O)(=O)Nc1cc(Sc2ccccc2)c(O)c2ccccc12. The average Bonchev–Trinajstić information content (AvgIpc) is 2.77. The normalized spacial score (nSPS) is 11.4. The first-order chi connectivity index (χ1) is 15.3. The van der Waals surface area contributed by atoms with Gasteiger partial charge >= 0.3 is 0 Å². The summed E-state index contributed by atoms with van der Waals surface area (Å²) in [6, 6.07) is 22.7. The maximum Gasteiger partial charge on any atom is 0.262 e. The molecule has 32 heavy (non-hydrogen) atoms. The third-order valence-corrected chi connectivity index (χ3v) is 7.57. The van der Waals surface area contributed by atoms with Gasteiger partial charge in [0.1, 0.15) is 5.75 Å². The molecule has 0 heterocycles. The first kappa shape index (κ1) is 21.9. The van der Waals surface area contributed by atoms with Gasteiger partial charge < -0.3 is 5.11 Å². The molecular formula is C24H21N2O4S2+. The highest BCUT2D eigenvalue weighted by molar-refractivity contribution is 7.99. The molecular weight excluding hydrogens is 444 g/mol. The summed E-state index contributed by atoms with van der Waals surface area (Å²) in [7, 11) is -2.69. The van der Waals surface area contributed by atoms with Gasteiger partial charge in [-0.05, 0) is 30.7 Å². The van der Waals surface area contributed by atoms with Gasteiger partial charge in [0.15, 0.2) is 7.05 Å². The Kier molecular flexibility index (Phi) is 5.90. The number of phenolic OH excluding ortho intramolecular Hbond substituents is 1. The van der Waals surface area contributed by atoms with Gasteiger partial charge in [-0.15, -0.1) is 0 Å². The highest BCUT2D eigenvalue weighted by Crippen LogP contribution is 2.43. The number of phenols is 1. The number of benzene rings is 4. The zero-order chi connectivity index (χ0) is 22.9. The maximum absolute atomic E-state index is 13.3. The van der Waals surface area contributed by atoms with E-state index in [1.807, 2.05) is 30.3 Å². The first-order valence-corrected chi connectivity index (χ1v) is 12.1. The molecule has 0 amide bonds. The van der Waals surface area contributed by atoms with Crippen molar-refractivity contribution in [3.63, 3.8) is 0 Å². The molecule has 0 unspecified atom stereocenters. The molecule has 0 atom stereocenters. The number of nitroso groups, excluding NO2 is 1. The zero-order valence-corrected chi connectivity index (χ0v) is 19.1.